The fourth-order valence-electron chi connectivity index (χ4n) is 1.64. The molecule has 6 heteroatoms. The van der Waals surface area contributed by atoms with Crippen LogP contribution in [0, 0.1) is 0 Å². The maximum absolute atomic E-state index is 5.45. The fraction of sp³-hybridized carbons (Fsp3) is 0.385. The minimum atomic E-state index is 0. The predicted octanol–water partition coefficient (Wildman–Crippen LogP) is 3.51. The highest BCUT2D eigenvalue weighted by Crippen LogP contribution is 2.23. The highest BCUT2D eigenvalue weighted by molar-refractivity contribution is 7.14. The molecule has 0 fully saturated rings. The summed E-state index contributed by atoms with van der Waals surface area (Å²) in [5, 5.41) is 6.37. The number of unbranched alkanes of at least 4 members (excludes halogenated alkanes) is 2. The summed E-state index contributed by atoms with van der Waals surface area (Å²) in [7, 11) is 0. The van der Waals surface area contributed by atoms with E-state index in [1.807, 2.05) is 18.3 Å². The van der Waals surface area contributed by atoms with E-state index in [-0.39, 0.29) is 16.7 Å². The van der Waals surface area contributed by atoms with E-state index in [0.29, 0.717) is 0 Å². The van der Waals surface area contributed by atoms with E-state index >= 15 is 0 Å². The Morgan fingerprint density at radius 1 is 1.32 bits per heavy atom. The molecule has 0 radical (unpaired) electrons. The zero-order valence-electron chi connectivity index (χ0n) is 13.7. The molecule has 0 aliphatic rings. The Bertz CT molecular complexity index is 473. The molecule has 4 nitrogen and oxygen atoms in total. The maximum atomic E-state index is 5.45. The van der Waals surface area contributed by atoms with Gasteiger partial charge in [0.05, 0.1) is 5.69 Å². The van der Waals surface area contributed by atoms with Crippen LogP contribution in [0.25, 0.3) is 11.3 Å². The van der Waals surface area contributed by atoms with Crippen molar-refractivity contribution in [3.8, 4) is 11.3 Å². The second-order valence-electron chi connectivity index (χ2n) is 4.06. The van der Waals surface area contributed by atoms with Crippen LogP contribution in [0.15, 0.2) is 29.9 Å². The van der Waals surface area contributed by atoms with Gasteiger partial charge in [-0.1, -0.05) is 6.42 Å². The number of nitrogens with one attached hydrogen (secondary N) is 1. The Kier molecular flexibility index (Phi) is 7.40. The van der Waals surface area contributed by atoms with Crippen LogP contribution in [0.5, 0.6) is 0 Å². The van der Waals surface area contributed by atoms with Crippen molar-refractivity contribution in [1.82, 2.24) is 9.97 Å². The van der Waals surface area contributed by atoms with Gasteiger partial charge in [0.25, 0.3) is 0 Å². The summed E-state index contributed by atoms with van der Waals surface area (Å²) in [6.07, 6.45) is 7.01. The Hall–Kier alpha value is -1.17. The summed E-state index contributed by atoms with van der Waals surface area (Å²) in [6, 6.07) is 3.95. The van der Waals surface area contributed by atoms with Gasteiger partial charge < -0.3 is 11.1 Å². The largest absolute Gasteiger partial charge is 1.00 e. The van der Waals surface area contributed by atoms with Gasteiger partial charge in [-0.3, -0.25) is 4.98 Å². The first-order valence-corrected chi connectivity index (χ1v) is 7.08. The van der Waals surface area contributed by atoms with Gasteiger partial charge in [-0.15, -0.1) is 23.7 Å². The Morgan fingerprint density at radius 2 is 2.21 bits per heavy atom. The third-order valence-corrected chi connectivity index (χ3v) is 3.42. The smallest absolute Gasteiger partial charge is 0.362 e. The molecule has 3 N–H and O–H groups in total. The van der Waals surface area contributed by atoms with E-state index in [1.165, 1.54) is 6.42 Å². The van der Waals surface area contributed by atoms with E-state index in [9.17, 15) is 0 Å². The molecule has 2 aromatic rings. The van der Waals surface area contributed by atoms with Crippen LogP contribution in [0.4, 0.5) is 5.13 Å². The fourth-order valence-corrected chi connectivity index (χ4v) is 2.39. The summed E-state index contributed by atoms with van der Waals surface area (Å²) < 4.78 is 0. The summed E-state index contributed by atoms with van der Waals surface area (Å²) in [5.41, 5.74) is 7.50. The molecule has 0 saturated heterocycles. The number of pyridine rings is 1. The molecule has 0 unspecified atom stereocenters. The van der Waals surface area contributed by atoms with Gasteiger partial charge >= 0.3 is 4.28 Å². The van der Waals surface area contributed by atoms with Crippen LogP contribution in [-0.4, -0.2) is 23.1 Å². The number of nitrogens with two attached hydrogens (primary N) is 1. The quantitative estimate of drug-likeness (QED) is 0.768. The molecular weight excluding hydrogens is 280 g/mol. The second-order valence-corrected chi connectivity index (χ2v) is 4.91. The van der Waals surface area contributed by atoms with E-state index in [0.717, 1.165) is 42.3 Å². The molecule has 2 heterocycles. The zero-order valence-corrected chi connectivity index (χ0v) is 12.3. The first kappa shape index (κ1) is 15.9. The minimum absolute atomic E-state index is 0. The van der Waals surface area contributed by atoms with Crippen LogP contribution in [0.2, 0.25) is 0 Å². The average Bonchev–Trinajstić information content (AvgIpc) is 2.88. The highest BCUT2D eigenvalue weighted by Gasteiger charge is 2.03. The normalized spacial score (nSPS) is 9.95. The van der Waals surface area contributed by atoms with Gasteiger partial charge in [0.1, 0.15) is 0 Å². The van der Waals surface area contributed by atoms with Crippen molar-refractivity contribution < 1.29 is 4.28 Å². The van der Waals surface area contributed by atoms with Gasteiger partial charge in [-0.05, 0) is 31.5 Å². The number of hydrogen-bond acceptors (Lipinski definition) is 5. The number of thiazole rings is 1. The average molecular weight is 302 g/mol. The number of rotatable bonds is 7. The standard InChI is InChI=1S/C13H18N4S.ClH/c14-6-2-1-3-8-16-13-17-12(10-18-13)11-5-4-7-15-9-11;/h4-5,7,9-10H,1-3,6,8,14H2,(H,16,17);1H/p+3. The van der Waals surface area contributed by atoms with Gasteiger partial charge in [0.15, 0.2) is 5.13 Å². The first-order valence-electron chi connectivity index (χ1n) is 6.20. The van der Waals surface area contributed by atoms with E-state index in [2.05, 4.69) is 20.7 Å². The molecule has 104 valence electrons. The van der Waals surface area contributed by atoms with Crippen molar-refractivity contribution >= 4 is 28.9 Å². The lowest BCUT2D eigenvalue weighted by Crippen LogP contribution is -2.03. The lowest BCUT2D eigenvalue weighted by molar-refractivity contribution is 0.707. The summed E-state index contributed by atoms with van der Waals surface area (Å²) in [4.78, 5) is 8.64. The molecule has 19 heavy (non-hydrogen) atoms. The summed E-state index contributed by atoms with van der Waals surface area (Å²) in [5.74, 6) is 0. The van der Waals surface area contributed by atoms with E-state index in [1.54, 1.807) is 17.5 Å². The SMILES string of the molecule is Cl.NCCCCCNc1nc(-c2cccnc2)cs1.[H+].[H+].[H+]. The number of halogens is 1. The zero-order chi connectivity index (χ0) is 12.6. The van der Waals surface area contributed by atoms with Crippen LogP contribution in [0.1, 0.15) is 23.5 Å². The highest BCUT2D eigenvalue weighted by atomic mass is 35.5. The van der Waals surface area contributed by atoms with Gasteiger partial charge in [-0.25, -0.2) is 4.98 Å². The molecule has 0 aliphatic heterocycles. The first-order chi connectivity index (χ1) is 8.90. The Labute approximate surface area is 128 Å². The van der Waals surface area contributed by atoms with Gasteiger partial charge in [0.2, 0.25) is 0 Å². The molecule has 2 aromatic heterocycles. The lowest BCUT2D eigenvalue weighted by atomic mass is 10.2. The number of hydrogen-bond donors (Lipinski definition) is 2. The molecule has 0 bridgehead atoms. The van der Waals surface area contributed by atoms with Gasteiger partial charge in [-0.2, -0.15) is 0 Å². The molecule has 0 aromatic carbocycles. The van der Waals surface area contributed by atoms with Crippen molar-refractivity contribution in [3.63, 3.8) is 0 Å². The van der Waals surface area contributed by atoms with E-state index in [4.69, 9.17) is 5.73 Å². The summed E-state index contributed by atoms with van der Waals surface area (Å²) in [6.45, 7) is 1.74. The molecular formula is C13H22ClN4S+3. The number of aromatic nitrogens is 2. The molecule has 2 rings (SSSR count). The monoisotopic (exact) mass is 301 g/mol. The van der Waals surface area contributed by atoms with Crippen molar-refractivity contribution in [2.45, 2.75) is 19.3 Å². The lowest BCUT2D eigenvalue weighted by Gasteiger charge is -2.01. The topological polar surface area (TPSA) is 63.8 Å². The van der Waals surface area contributed by atoms with Crippen molar-refractivity contribution in [3.05, 3.63) is 29.9 Å². The predicted molar refractivity (Wildman–Crippen MR) is 87.3 cm³/mol. The number of nitrogens with zero attached hydrogens (tertiary/aromatic N) is 2. The third-order valence-electron chi connectivity index (χ3n) is 2.62. The van der Waals surface area contributed by atoms with Crippen LogP contribution < -0.4 is 11.1 Å². The van der Waals surface area contributed by atoms with Crippen molar-refractivity contribution in [2.24, 2.45) is 5.73 Å². The molecule has 0 atom stereocenters. The van der Waals surface area contributed by atoms with Crippen molar-refractivity contribution in [1.29, 1.82) is 0 Å². The number of anilines is 1. The third kappa shape index (κ3) is 5.14. The molecule has 0 aliphatic carbocycles. The minimum Gasteiger partial charge on any atom is -0.362 e. The Balaban J connectivity index is -0.000000902. The van der Waals surface area contributed by atoms with Crippen LogP contribution in [-0.2, 0) is 0 Å². The van der Waals surface area contributed by atoms with Crippen LogP contribution in [0.3, 0.4) is 0 Å². The second kappa shape index (κ2) is 8.85. The summed E-state index contributed by atoms with van der Waals surface area (Å²) >= 11 is 1.63. The molecule has 0 spiro atoms. The van der Waals surface area contributed by atoms with E-state index < -0.39 is 0 Å². The molecule has 0 amide bonds. The Morgan fingerprint density at radius 3 is 2.95 bits per heavy atom. The maximum Gasteiger partial charge on any atom is 1.00 e. The van der Waals surface area contributed by atoms with Gasteiger partial charge in [0, 0.05) is 29.9 Å². The van der Waals surface area contributed by atoms with Crippen molar-refractivity contribution in [2.75, 3.05) is 18.4 Å². The molecule has 0 saturated carbocycles. The van der Waals surface area contributed by atoms with Crippen LogP contribution >= 0.6 is 23.7 Å².